The molecule has 7 nitrogen and oxygen atoms in total. The molecule has 9 heteroatoms. The van der Waals surface area contributed by atoms with Gasteiger partial charge in [0.15, 0.2) is 6.19 Å². The van der Waals surface area contributed by atoms with E-state index in [2.05, 4.69) is 30.6 Å². The van der Waals surface area contributed by atoms with Crippen LogP contribution in [-0.4, -0.2) is 47.5 Å². The minimum Gasteiger partial charge on any atom is -0.354 e. The SMILES string of the molecule is Cc1[nH]cnc1CSCCN=C(NC#N)NCCN=Cc1ccsc1. The van der Waals surface area contributed by atoms with Crippen molar-refractivity contribution in [3.63, 3.8) is 0 Å². The Morgan fingerprint density at radius 1 is 1.52 bits per heavy atom. The molecule has 0 aliphatic rings. The van der Waals surface area contributed by atoms with Gasteiger partial charge in [-0.2, -0.15) is 28.4 Å². The minimum atomic E-state index is 0.491. The molecule has 25 heavy (non-hydrogen) atoms. The van der Waals surface area contributed by atoms with Crippen molar-refractivity contribution in [2.45, 2.75) is 12.7 Å². The summed E-state index contributed by atoms with van der Waals surface area (Å²) in [7, 11) is 0. The highest BCUT2D eigenvalue weighted by molar-refractivity contribution is 7.98. The number of thioether (sulfide) groups is 1. The quantitative estimate of drug-likeness (QED) is 0.205. The van der Waals surface area contributed by atoms with Gasteiger partial charge >= 0.3 is 0 Å². The second kappa shape index (κ2) is 11.3. The van der Waals surface area contributed by atoms with Crippen LogP contribution in [0.4, 0.5) is 0 Å². The van der Waals surface area contributed by atoms with E-state index in [1.165, 1.54) is 0 Å². The van der Waals surface area contributed by atoms with Crippen LogP contribution in [0.2, 0.25) is 0 Å². The second-order valence-electron chi connectivity index (χ2n) is 5.01. The van der Waals surface area contributed by atoms with Crippen LogP contribution in [0.3, 0.4) is 0 Å². The molecular formula is C16H21N7S2. The number of aryl methyl sites for hydroxylation is 1. The molecule has 0 radical (unpaired) electrons. The van der Waals surface area contributed by atoms with Gasteiger partial charge in [0, 0.05) is 35.5 Å². The number of aromatic nitrogens is 2. The highest BCUT2D eigenvalue weighted by Gasteiger charge is 2.01. The molecule has 0 aromatic carbocycles. The van der Waals surface area contributed by atoms with Gasteiger partial charge in [0.1, 0.15) is 0 Å². The number of imidazole rings is 1. The molecule has 0 atom stereocenters. The van der Waals surface area contributed by atoms with E-state index in [4.69, 9.17) is 5.26 Å². The van der Waals surface area contributed by atoms with Crippen LogP contribution in [0.15, 0.2) is 33.1 Å². The zero-order valence-electron chi connectivity index (χ0n) is 14.0. The van der Waals surface area contributed by atoms with Crippen molar-refractivity contribution in [1.82, 2.24) is 20.6 Å². The van der Waals surface area contributed by atoms with E-state index in [9.17, 15) is 0 Å². The Hall–Kier alpha value is -2.31. The summed E-state index contributed by atoms with van der Waals surface area (Å²) in [6, 6.07) is 2.02. The van der Waals surface area contributed by atoms with Gasteiger partial charge in [0.05, 0.1) is 25.1 Å². The summed E-state index contributed by atoms with van der Waals surface area (Å²) < 4.78 is 0. The largest absolute Gasteiger partial charge is 0.354 e. The van der Waals surface area contributed by atoms with Crippen molar-refractivity contribution in [2.75, 3.05) is 25.4 Å². The van der Waals surface area contributed by atoms with Gasteiger partial charge in [-0.25, -0.2) is 4.98 Å². The molecule has 0 bridgehead atoms. The Balaban J connectivity index is 1.63. The molecule has 3 N–H and O–H groups in total. The lowest BCUT2D eigenvalue weighted by molar-refractivity contribution is 0.849. The molecule has 2 heterocycles. The third-order valence-electron chi connectivity index (χ3n) is 3.17. The Morgan fingerprint density at radius 3 is 3.16 bits per heavy atom. The van der Waals surface area contributed by atoms with Gasteiger partial charge in [-0.05, 0) is 23.8 Å². The molecule has 0 aliphatic carbocycles. The summed E-state index contributed by atoms with van der Waals surface area (Å²) >= 11 is 3.41. The van der Waals surface area contributed by atoms with Gasteiger partial charge < -0.3 is 10.3 Å². The number of guanidine groups is 1. The first-order valence-electron chi connectivity index (χ1n) is 7.81. The molecule has 0 saturated carbocycles. The highest BCUT2D eigenvalue weighted by atomic mass is 32.2. The molecular weight excluding hydrogens is 354 g/mol. The molecule has 0 spiro atoms. The summed E-state index contributed by atoms with van der Waals surface area (Å²) in [5.74, 6) is 2.21. The molecule has 2 rings (SSSR count). The van der Waals surface area contributed by atoms with Crippen LogP contribution in [0, 0.1) is 18.4 Å². The first-order valence-corrected chi connectivity index (χ1v) is 9.91. The predicted molar refractivity (Wildman–Crippen MR) is 105 cm³/mol. The van der Waals surface area contributed by atoms with Crippen LogP contribution in [-0.2, 0) is 5.75 Å². The van der Waals surface area contributed by atoms with E-state index in [1.807, 2.05) is 36.2 Å². The van der Waals surface area contributed by atoms with E-state index in [0.29, 0.717) is 25.6 Å². The van der Waals surface area contributed by atoms with E-state index < -0.39 is 0 Å². The molecule has 0 fully saturated rings. The van der Waals surface area contributed by atoms with E-state index in [-0.39, 0.29) is 0 Å². The fourth-order valence-corrected chi connectivity index (χ4v) is 3.33. The first kappa shape index (κ1) is 19.0. The third kappa shape index (κ3) is 7.41. The van der Waals surface area contributed by atoms with Crippen LogP contribution in [0.1, 0.15) is 17.0 Å². The number of hydrogen-bond acceptors (Lipinski definition) is 6. The highest BCUT2D eigenvalue weighted by Crippen LogP contribution is 2.11. The van der Waals surface area contributed by atoms with Crippen molar-refractivity contribution < 1.29 is 0 Å². The molecule has 0 unspecified atom stereocenters. The number of thiophene rings is 1. The number of H-pyrrole nitrogens is 1. The summed E-state index contributed by atoms with van der Waals surface area (Å²) in [6.07, 6.45) is 5.46. The van der Waals surface area contributed by atoms with Crippen LogP contribution in [0.5, 0.6) is 0 Å². The minimum absolute atomic E-state index is 0.491. The number of aromatic amines is 1. The maximum Gasteiger partial charge on any atom is 0.204 e. The molecule has 2 aromatic heterocycles. The lowest BCUT2D eigenvalue weighted by Crippen LogP contribution is -2.36. The smallest absolute Gasteiger partial charge is 0.204 e. The third-order valence-corrected chi connectivity index (χ3v) is 4.82. The summed E-state index contributed by atoms with van der Waals surface area (Å²) in [5, 5.41) is 18.5. The van der Waals surface area contributed by atoms with Crippen molar-refractivity contribution in [3.05, 3.63) is 40.1 Å². The second-order valence-corrected chi connectivity index (χ2v) is 6.90. The van der Waals surface area contributed by atoms with Crippen molar-refractivity contribution >= 4 is 35.3 Å². The standard InChI is InChI=1S/C16H21N7S2/c1-13-15(23-12-22-13)10-25-7-5-20-16(21-11-17)19-4-3-18-8-14-2-6-24-9-14/h2,6,8-9,12H,3-5,7,10H2,1H3,(H,22,23)(H2,19,20,21). The van der Waals surface area contributed by atoms with E-state index in [0.717, 1.165) is 28.5 Å². The van der Waals surface area contributed by atoms with Crippen molar-refractivity contribution in [1.29, 1.82) is 5.26 Å². The number of nitriles is 1. The number of nitrogens with one attached hydrogen (secondary N) is 3. The van der Waals surface area contributed by atoms with E-state index >= 15 is 0 Å². The van der Waals surface area contributed by atoms with Crippen LogP contribution < -0.4 is 10.6 Å². The fourth-order valence-electron chi connectivity index (χ4n) is 1.87. The summed E-state index contributed by atoms with van der Waals surface area (Å²) in [6.45, 7) is 3.88. The maximum atomic E-state index is 8.80. The van der Waals surface area contributed by atoms with Gasteiger partial charge in [-0.3, -0.25) is 15.3 Å². The first-order chi connectivity index (χ1) is 12.3. The lowest BCUT2D eigenvalue weighted by atomic mass is 10.4. The number of nitrogens with zero attached hydrogens (tertiary/aromatic N) is 4. The van der Waals surface area contributed by atoms with E-state index in [1.54, 1.807) is 29.4 Å². The summed E-state index contributed by atoms with van der Waals surface area (Å²) in [5.41, 5.74) is 3.29. The Labute approximate surface area is 155 Å². The average Bonchev–Trinajstić information content (AvgIpc) is 3.26. The normalized spacial score (nSPS) is 11.6. The van der Waals surface area contributed by atoms with Gasteiger partial charge in [-0.15, -0.1) is 0 Å². The maximum absolute atomic E-state index is 8.80. The molecule has 0 aliphatic heterocycles. The van der Waals surface area contributed by atoms with Crippen LogP contribution in [0.25, 0.3) is 0 Å². The zero-order valence-corrected chi connectivity index (χ0v) is 15.7. The number of rotatable bonds is 9. The Kier molecular flexibility index (Phi) is 8.58. The van der Waals surface area contributed by atoms with Gasteiger partial charge in [-0.1, -0.05) is 0 Å². The molecule has 0 saturated heterocycles. The Morgan fingerprint density at radius 2 is 2.44 bits per heavy atom. The monoisotopic (exact) mass is 375 g/mol. The molecule has 2 aromatic rings. The van der Waals surface area contributed by atoms with Crippen molar-refractivity contribution in [2.24, 2.45) is 9.98 Å². The molecule has 132 valence electrons. The summed E-state index contributed by atoms with van der Waals surface area (Å²) in [4.78, 5) is 16.0. The van der Waals surface area contributed by atoms with Crippen LogP contribution >= 0.6 is 23.1 Å². The molecule has 0 amide bonds. The zero-order chi connectivity index (χ0) is 17.7. The number of aliphatic imine (C=N–C) groups is 2. The van der Waals surface area contributed by atoms with Gasteiger partial charge in [0.25, 0.3) is 0 Å². The topological polar surface area (TPSA) is 101 Å². The average molecular weight is 376 g/mol. The van der Waals surface area contributed by atoms with Gasteiger partial charge in [0.2, 0.25) is 5.96 Å². The number of hydrogen-bond donors (Lipinski definition) is 3. The predicted octanol–water partition coefficient (Wildman–Crippen LogP) is 2.15. The van der Waals surface area contributed by atoms with Crippen molar-refractivity contribution in [3.8, 4) is 6.19 Å². The lowest BCUT2D eigenvalue weighted by Gasteiger charge is -2.06. The Bertz CT molecular complexity index is 713. The fraction of sp³-hybridized carbons (Fsp3) is 0.375.